The van der Waals surface area contributed by atoms with Crippen LogP contribution in [0.15, 0.2) is 54.1 Å². The molecule has 1 aliphatic heterocycles. The van der Waals surface area contributed by atoms with E-state index in [-0.39, 0.29) is 16.2 Å². The first-order valence-corrected chi connectivity index (χ1v) is 11.1. The van der Waals surface area contributed by atoms with Crippen molar-refractivity contribution in [2.24, 2.45) is 0 Å². The van der Waals surface area contributed by atoms with Gasteiger partial charge in [0, 0.05) is 17.1 Å². The van der Waals surface area contributed by atoms with Crippen molar-refractivity contribution in [1.82, 2.24) is 9.88 Å². The normalized spacial score (nSPS) is 15.1. The highest BCUT2D eigenvalue weighted by Crippen LogP contribution is 2.30. The summed E-state index contributed by atoms with van der Waals surface area (Å²) in [6.07, 6.45) is 1.53. The van der Waals surface area contributed by atoms with E-state index in [1.54, 1.807) is 42.5 Å². The highest BCUT2D eigenvalue weighted by molar-refractivity contribution is 7.80. The number of benzene rings is 2. The molecule has 0 atom stereocenters. The Balaban J connectivity index is 1.78. The minimum Gasteiger partial charge on any atom is -0.478 e. The number of nitrogens with one attached hydrogen (secondary N) is 1. The number of anilines is 1. The molecule has 1 aliphatic rings. The Hall–Kier alpha value is -3.75. The zero-order valence-corrected chi connectivity index (χ0v) is 20.1. The van der Waals surface area contributed by atoms with Crippen LogP contribution in [0.5, 0.6) is 0 Å². The van der Waals surface area contributed by atoms with Gasteiger partial charge in [-0.15, -0.1) is 0 Å². The Kier molecular flexibility index (Phi) is 6.12. The molecule has 0 unspecified atom stereocenters. The molecule has 34 heavy (non-hydrogen) atoms. The summed E-state index contributed by atoms with van der Waals surface area (Å²) in [4.78, 5) is 38.5. The molecule has 1 aromatic heterocycles. The number of hydrogen-bond acceptors (Lipinski definition) is 4. The highest BCUT2D eigenvalue weighted by atomic mass is 35.5. The number of carbonyl (C=O) groups excluding carboxylic acids is 2. The van der Waals surface area contributed by atoms with Crippen LogP contribution in [-0.4, -0.2) is 32.6 Å². The number of carbonyl (C=O) groups is 3. The number of nitrogens with zero attached hydrogens (tertiary/aromatic N) is 2. The van der Waals surface area contributed by atoms with Crippen LogP contribution in [0.2, 0.25) is 5.02 Å². The smallest absolute Gasteiger partial charge is 0.335 e. The van der Waals surface area contributed by atoms with Gasteiger partial charge in [0.1, 0.15) is 5.57 Å². The second kappa shape index (κ2) is 8.89. The summed E-state index contributed by atoms with van der Waals surface area (Å²) in [6, 6.07) is 13.5. The maximum Gasteiger partial charge on any atom is 0.335 e. The molecule has 1 fully saturated rings. The molecule has 9 heteroatoms. The molecule has 0 bridgehead atoms. The lowest BCUT2D eigenvalue weighted by Gasteiger charge is -2.29. The largest absolute Gasteiger partial charge is 0.478 e. The van der Waals surface area contributed by atoms with Crippen LogP contribution in [0.4, 0.5) is 5.69 Å². The fourth-order valence-electron chi connectivity index (χ4n) is 4.01. The molecule has 7 nitrogen and oxygen atoms in total. The molecule has 2 heterocycles. The summed E-state index contributed by atoms with van der Waals surface area (Å²) >= 11 is 11.5. The maximum absolute atomic E-state index is 13.3. The molecule has 0 radical (unpaired) electrons. The van der Waals surface area contributed by atoms with Crippen LogP contribution in [0.3, 0.4) is 0 Å². The summed E-state index contributed by atoms with van der Waals surface area (Å²) < 4.78 is 1.95. The second-order valence-electron chi connectivity index (χ2n) is 7.88. The third-order valence-corrected chi connectivity index (χ3v) is 6.25. The number of para-hydroxylation sites is 1. The Labute approximate surface area is 206 Å². The van der Waals surface area contributed by atoms with E-state index in [1.807, 2.05) is 31.4 Å². The van der Waals surface area contributed by atoms with Crippen LogP contribution in [0.1, 0.15) is 32.9 Å². The summed E-state index contributed by atoms with van der Waals surface area (Å²) in [6.45, 7) is 5.60. The average Bonchev–Trinajstić information content (AvgIpc) is 3.05. The molecule has 2 amide bonds. The molecule has 1 saturated heterocycles. The standard InChI is InChI=1S/C25H20ClN3O4S/c1-13-10-16(24(32)33)8-9-20(13)28-14(2)11-17(15(28)3)12-18-22(30)27-25(34)29(23(18)31)21-7-5-4-6-19(21)26/h4-12H,1-3H3,(H,32,33)(H,27,30,34). The SMILES string of the molecule is Cc1cc(C(=O)O)ccc1-n1c(C)cc(C=C2C(=O)NC(=S)N(c3ccccc3Cl)C2=O)c1C. The van der Waals surface area contributed by atoms with Gasteiger partial charge in [-0.25, -0.2) is 4.79 Å². The van der Waals surface area contributed by atoms with E-state index in [0.29, 0.717) is 16.3 Å². The summed E-state index contributed by atoms with van der Waals surface area (Å²) in [5.74, 6) is -2.16. The monoisotopic (exact) mass is 493 g/mol. The minimum absolute atomic E-state index is 0.0418. The van der Waals surface area contributed by atoms with Crippen molar-refractivity contribution in [2.45, 2.75) is 20.8 Å². The summed E-state index contributed by atoms with van der Waals surface area (Å²) in [5.41, 5.74) is 4.41. The van der Waals surface area contributed by atoms with Gasteiger partial charge in [-0.2, -0.15) is 0 Å². The van der Waals surface area contributed by atoms with Gasteiger partial charge in [-0.05, 0) is 86.6 Å². The van der Waals surface area contributed by atoms with Gasteiger partial charge in [0.25, 0.3) is 11.8 Å². The summed E-state index contributed by atoms with van der Waals surface area (Å²) in [5, 5.41) is 12.1. The fourth-order valence-corrected chi connectivity index (χ4v) is 4.50. The molecule has 0 saturated carbocycles. The second-order valence-corrected chi connectivity index (χ2v) is 8.67. The first-order chi connectivity index (χ1) is 16.1. The third kappa shape index (κ3) is 4.02. The molecule has 0 spiro atoms. The van der Waals surface area contributed by atoms with Gasteiger partial charge in [0.2, 0.25) is 0 Å². The van der Waals surface area contributed by atoms with Crippen molar-refractivity contribution < 1.29 is 19.5 Å². The average molecular weight is 494 g/mol. The third-order valence-electron chi connectivity index (χ3n) is 5.65. The molecular formula is C25H20ClN3O4S. The van der Waals surface area contributed by atoms with E-state index in [9.17, 15) is 19.5 Å². The molecule has 4 rings (SSSR count). The predicted octanol–water partition coefficient (Wildman–Crippen LogP) is 4.59. The van der Waals surface area contributed by atoms with Crippen molar-refractivity contribution >= 4 is 58.5 Å². The van der Waals surface area contributed by atoms with Gasteiger partial charge < -0.3 is 9.67 Å². The first-order valence-electron chi connectivity index (χ1n) is 10.3. The van der Waals surface area contributed by atoms with E-state index in [1.165, 1.54) is 11.0 Å². The molecule has 0 aliphatic carbocycles. The number of carboxylic acids is 1. The number of rotatable bonds is 4. The maximum atomic E-state index is 13.3. The van der Waals surface area contributed by atoms with Crippen LogP contribution in [0, 0.1) is 20.8 Å². The van der Waals surface area contributed by atoms with E-state index in [2.05, 4.69) is 5.32 Å². The van der Waals surface area contributed by atoms with Gasteiger partial charge in [0.05, 0.1) is 16.3 Å². The van der Waals surface area contributed by atoms with Crippen LogP contribution in [-0.2, 0) is 9.59 Å². The highest BCUT2D eigenvalue weighted by Gasteiger charge is 2.35. The zero-order chi connectivity index (χ0) is 24.7. The van der Waals surface area contributed by atoms with Crippen molar-refractivity contribution in [3.63, 3.8) is 0 Å². The van der Waals surface area contributed by atoms with Crippen molar-refractivity contribution in [3.05, 3.63) is 87.2 Å². The van der Waals surface area contributed by atoms with Gasteiger partial charge in [-0.1, -0.05) is 23.7 Å². The Morgan fingerprint density at radius 3 is 2.41 bits per heavy atom. The number of amides is 2. The Bertz CT molecular complexity index is 1420. The van der Waals surface area contributed by atoms with E-state index in [0.717, 1.165) is 22.6 Å². The molecule has 172 valence electrons. The van der Waals surface area contributed by atoms with Gasteiger partial charge >= 0.3 is 5.97 Å². The van der Waals surface area contributed by atoms with Crippen molar-refractivity contribution in [2.75, 3.05) is 4.90 Å². The Morgan fingerprint density at radius 1 is 1.06 bits per heavy atom. The lowest BCUT2D eigenvalue weighted by molar-refractivity contribution is -0.122. The number of thiocarbonyl (C=S) groups is 1. The Morgan fingerprint density at radius 2 is 1.76 bits per heavy atom. The number of halogens is 1. The van der Waals surface area contributed by atoms with Crippen molar-refractivity contribution in [3.8, 4) is 5.69 Å². The van der Waals surface area contributed by atoms with Crippen LogP contribution >= 0.6 is 23.8 Å². The van der Waals surface area contributed by atoms with Gasteiger partial charge in [0.15, 0.2) is 5.11 Å². The number of aromatic nitrogens is 1. The topological polar surface area (TPSA) is 91.6 Å². The van der Waals surface area contributed by atoms with E-state index < -0.39 is 17.8 Å². The molecular weight excluding hydrogens is 474 g/mol. The lowest BCUT2D eigenvalue weighted by atomic mass is 10.1. The first kappa shape index (κ1) is 23.4. The minimum atomic E-state index is -0.996. The van der Waals surface area contributed by atoms with Crippen LogP contribution < -0.4 is 10.2 Å². The summed E-state index contributed by atoms with van der Waals surface area (Å²) in [7, 11) is 0. The van der Waals surface area contributed by atoms with Crippen molar-refractivity contribution in [1.29, 1.82) is 0 Å². The molecule has 3 aromatic rings. The van der Waals surface area contributed by atoms with Crippen LogP contribution in [0.25, 0.3) is 11.8 Å². The van der Waals surface area contributed by atoms with E-state index >= 15 is 0 Å². The van der Waals surface area contributed by atoms with Gasteiger partial charge in [-0.3, -0.25) is 19.8 Å². The lowest BCUT2D eigenvalue weighted by Crippen LogP contribution is -2.54. The zero-order valence-electron chi connectivity index (χ0n) is 18.5. The fraction of sp³-hybridized carbons (Fsp3) is 0.120. The number of hydrogen-bond donors (Lipinski definition) is 2. The quantitative estimate of drug-likeness (QED) is 0.315. The van der Waals surface area contributed by atoms with E-state index in [4.69, 9.17) is 23.8 Å². The molecule has 2 aromatic carbocycles. The molecule has 2 N–H and O–H groups in total. The number of aromatic carboxylic acids is 1. The number of aryl methyl sites for hydroxylation is 2. The number of carboxylic acid groups (broad SMARTS) is 1. The predicted molar refractivity (Wildman–Crippen MR) is 135 cm³/mol.